The molecule has 3 nitrogen and oxygen atoms in total. The molecule has 1 unspecified atom stereocenters. The zero-order valence-electron chi connectivity index (χ0n) is 7.93. The maximum atomic E-state index is 11.1. The molecule has 0 aromatic rings. The molecule has 72 valence electrons. The quantitative estimate of drug-likeness (QED) is 0.718. The Balaban J connectivity index is 3.54. The fraction of sp³-hybridized carbons (Fsp3) is 0.875. The number of carbonyl (C=O) groups excluding carboxylic acids is 1. The molecular formula is C8H17BrN2O. The number of hydrogen-bond donors (Lipinski definition) is 1. The van der Waals surface area contributed by atoms with Gasteiger partial charge in [0, 0.05) is 24.3 Å². The summed E-state index contributed by atoms with van der Waals surface area (Å²) in [6.45, 7) is 2.89. The highest BCUT2D eigenvalue weighted by atomic mass is 79.9. The Bertz CT molecular complexity index is 139. The molecule has 0 aliphatic carbocycles. The summed E-state index contributed by atoms with van der Waals surface area (Å²) in [6.07, 6.45) is 0.553. The Morgan fingerprint density at radius 2 is 2.17 bits per heavy atom. The van der Waals surface area contributed by atoms with Crippen LogP contribution in [0.2, 0.25) is 0 Å². The van der Waals surface area contributed by atoms with Crippen LogP contribution in [0.1, 0.15) is 13.3 Å². The average Bonchev–Trinajstić information content (AvgIpc) is 1.84. The van der Waals surface area contributed by atoms with Crippen LogP contribution in [0.4, 0.5) is 0 Å². The van der Waals surface area contributed by atoms with Crippen molar-refractivity contribution >= 4 is 21.8 Å². The van der Waals surface area contributed by atoms with Crippen molar-refractivity contribution in [3.05, 3.63) is 0 Å². The van der Waals surface area contributed by atoms with Gasteiger partial charge in [0.15, 0.2) is 0 Å². The van der Waals surface area contributed by atoms with Crippen molar-refractivity contribution in [1.29, 1.82) is 0 Å². The highest BCUT2D eigenvalue weighted by Crippen LogP contribution is 1.90. The van der Waals surface area contributed by atoms with E-state index in [0.717, 1.165) is 11.9 Å². The summed E-state index contributed by atoms with van der Waals surface area (Å²) in [5.74, 6) is 0.112. The van der Waals surface area contributed by atoms with Crippen molar-refractivity contribution in [2.45, 2.75) is 19.4 Å². The highest BCUT2D eigenvalue weighted by molar-refractivity contribution is 9.09. The fourth-order valence-corrected chi connectivity index (χ4v) is 1.39. The van der Waals surface area contributed by atoms with Gasteiger partial charge in [0.25, 0.3) is 0 Å². The number of nitrogens with zero attached hydrogens (tertiary/aromatic N) is 1. The van der Waals surface area contributed by atoms with Gasteiger partial charge in [-0.15, -0.1) is 0 Å². The van der Waals surface area contributed by atoms with E-state index >= 15 is 0 Å². The highest BCUT2D eigenvalue weighted by Gasteiger charge is 2.06. The third kappa shape index (κ3) is 6.61. The van der Waals surface area contributed by atoms with Crippen LogP contribution in [0.15, 0.2) is 0 Å². The van der Waals surface area contributed by atoms with Crippen LogP contribution in [0.3, 0.4) is 0 Å². The number of carbonyl (C=O) groups is 1. The third-order valence-corrected chi connectivity index (χ3v) is 1.76. The van der Waals surface area contributed by atoms with E-state index in [1.54, 1.807) is 0 Å². The molecule has 1 amide bonds. The molecule has 4 heteroatoms. The van der Waals surface area contributed by atoms with E-state index in [0.29, 0.717) is 6.42 Å². The van der Waals surface area contributed by atoms with Gasteiger partial charge in [0.2, 0.25) is 5.91 Å². The summed E-state index contributed by atoms with van der Waals surface area (Å²) in [4.78, 5) is 13.1. The predicted octanol–water partition coefficient (Wildman–Crippen LogP) is 0.838. The molecular weight excluding hydrogens is 220 g/mol. The number of rotatable bonds is 5. The largest absolute Gasteiger partial charge is 0.352 e. The van der Waals surface area contributed by atoms with Gasteiger partial charge in [-0.05, 0) is 21.0 Å². The van der Waals surface area contributed by atoms with Gasteiger partial charge in [0.05, 0.1) is 0 Å². The summed E-state index contributed by atoms with van der Waals surface area (Å²) in [7, 11) is 3.99. The minimum atomic E-state index is 0.112. The molecule has 0 spiro atoms. The van der Waals surface area contributed by atoms with Gasteiger partial charge in [-0.2, -0.15) is 0 Å². The smallest absolute Gasteiger partial charge is 0.221 e. The summed E-state index contributed by atoms with van der Waals surface area (Å²) < 4.78 is 0. The van der Waals surface area contributed by atoms with Gasteiger partial charge in [0.1, 0.15) is 0 Å². The van der Waals surface area contributed by atoms with Crippen molar-refractivity contribution < 1.29 is 4.79 Å². The van der Waals surface area contributed by atoms with E-state index in [1.807, 2.05) is 21.0 Å². The second kappa shape index (κ2) is 6.43. The van der Waals surface area contributed by atoms with E-state index in [2.05, 4.69) is 26.1 Å². The zero-order chi connectivity index (χ0) is 9.56. The molecule has 0 aliphatic heterocycles. The first kappa shape index (κ1) is 11.9. The first-order chi connectivity index (χ1) is 5.56. The molecule has 12 heavy (non-hydrogen) atoms. The number of likely N-dealkylation sites (N-methyl/N-ethyl adjacent to an activating group) is 1. The molecule has 0 saturated heterocycles. The van der Waals surface area contributed by atoms with E-state index in [-0.39, 0.29) is 11.9 Å². The molecule has 0 radical (unpaired) electrons. The fourth-order valence-electron chi connectivity index (χ4n) is 1.03. The van der Waals surface area contributed by atoms with E-state index in [1.165, 1.54) is 0 Å². The van der Waals surface area contributed by atoms with Gasteiger partial charge in [-0.25, -0.2) is 0 Å². The van der Waals surface area contributed by atoms with E-state index in [4.69, 9.17) is 0 Å². The van der Waals surface area contributed by atoms with Gasteiger partial charge in [-0.1, -0.05) is 15.9 Å². The third-order valence-electron chi connectivity index (χ3n) is 1.37. The Morgan fingerprint density at radius 1 is 1.58 bits per heavy atom. The van der Waals surface area contributed by atoms with Gasteiger partial charge >= 0.3 is 0 Å². The number of halogens is 1. The van der Waals surface area contributed by atoms with E-state index < -0.39 is 0 Å². The summed E-state index contributed by atoms with van der Waals surface area (Å²) in [5.41, 5.74) is 0. The Hall–Kier alpha value is -0.0900. The van der Waals surface area contributed by atoms with Crippen molar-refractivity contribution in [3.8, 4) is 0 Å². The van der Waals surface area contributed by atoms with Crippen LogP contribution >= 0.6 is 15.9 Å². The van der Waals surface area contributed by atoms with Crippen LogP contribution in [0.5, 0.6) is 0 Å². The van der Waals surface area contributed by atoms with Crippen LogP contribution in [0.25, 0.3) is 0 Å². The van der Waals surface area contributed by atoms with Crippen molar-refractivity contribution in [2.24, 2.45) is 0 Å². The van der Waals surface area contributed by atoms with Crippen LogP contribution in [0, 0.1) is 0 Å². The molecule has 0 bridgehead atoms. The molecule has 0 fully saturated rings. The average molecular weight is 237 g/mol. The van der Waals surface area contributed by atoms with Gasteiger partial charge in [-0.3, -0.25) is 4.79 Å². The predicted molar refractivity (Wildman–Crippen MR) is 54.6 cm³/mol. The number of nitrogens with one attached hydrogen (secondary N) is 1. The SMILES string of the molecule is CC(CN(C)C)NC(=O)CCBr. The van der Waals surface area contributed by atoms with E-state index in [9.17, 15) is 4.79 Å². The molecule has 0 heterocycles. The standard InChI is InChI=1S/C8H17BrN2O/c1-7(6-11(2)3)10-8(12)4-5-9/h7H,4-6H2,1-3H3,(H,10,12). The Kier molecular flexibility index (Phi) is 6.38. The first-order valence-electron chi connectivity index (χ1n) is 4.06. The van der Waals surface area contributed by atoms with Crippen LogP contribution < -0.4 is 5.32 Å². The summed E-state index contributed by atoms with van der Waals surface area (Å²) in [5, 5.41) is 3.63. The number of hydrogen-bond acceptors (Lipinski definition) is 2. The van der Waals surface area contributed by atoms with Crippen molar-refractivity contribution in [2.75, 3.05) is 26.0 Å². The number of alkyl halides is 1. The van der Waals surface area contributed by atoms with Crippen LogP contribution in [-0.2, 0) is 4.79 Å². The number of amides is 1. The molecule has 0 aromatic carbocycles. The molecule has 1 atom stereocenters. The lowest BCUT2D eigenvalue weighted by Gasteiger charge is -2.17. The normalized spacial score (nSPS) is 13.1. The minimum Gasteiger partial charge on any atom is -0.352 e. The lowest BCUT2D eigenvalue weighted by molar-refractivity contribution is -0.121. The van der Waals surface area contributed by atoms with Gasteiger partial charge < -0.3 is 10.2 Å². The Labute approximate surface area is 82.6 Å². The zero-order valence-corrected chi connectivity index (χ0v) is 9.52. The minimum absolute atomic E-state index is 0.112. The lowest BCUT2D eigenvalue weighted by Crippen LogP contribution is -2.39. The molecule has 0 rings (SSSR count). The molecule has 0 aromatic heterocycles. The van der Waals surface area contributed by atoms with Crippen LogP contribution in [-0.4, -0.2) is 42.8 Å². The second-order valence-corrected chi connectivity index (χ2v) is 3.96. The summed E-state index contributed by atoms with van der Waals surface area (Å²) in [6, 6.07) is 0.228. The summed E-state index contributed by atoms with van der Waals surface area (Å²) >= 11 is 3.22. The van der Waals surface area contributed by atoms with Crippen molar-refractivity contribution in [1.82, 2.24) is 10.2 Å². The molecule has 1 N–H and O–H groups in total. The maximum Gasteiger partial charge on any atom is 0.221 e. The second-order valence-electron chi connectivity index (χ2n) is 3.17. The monoisotopic (exact) mass is 236 g/mol. The van der Waals surface area contributed by atoms with Crippen molar-refractivity contribution in [3.63, 3.8) is 0 Å². The molecule has 0 saturated carbocycles. The molecule has 0 aliphatic rings. The topological polar surface area (TPSA) is 32.3 Å². The first-order valence-corrected chi connectivity index (χ1v) is 5.18. The Morgan fingerprint density at radius 3 is 2.58 bits per heavy atom. The lowest BCUT2D eigenvalue weighted by atomic mass is 10.3. The maximum absolute atomic E-state index is 11.1.